The molecule has 0 spiro atoms. The number of hydrogen-bond acceptors (Lipinski definition) is 3. The first-order valence-corrected chi connectivity index (χ1v) is 9.85. The summed E-state index contributed by atoms with van der Waals surface area (Å²) in [6, 6.07) is 11.9. The predicted molar refractivity (Wildman–Crippen MR) is 113 cm³/mol. The number of nitrogens with zero attached hydrogens (tertiary/aromatic N) is 1. The first kappa shape index (κ1) is 23.1. The molecule has 0 aromatic heterocycles. The zero-order valence-electron chi connectivity index (χ0n) is 17.2. The molecule has 0 radical (unpaired) electrons. The Balaban J connectivity index is 1.93. The molecule has 2 aromatic rings. The van der Waals surface area contributed by atoms with Crippen LogP contribution >= 0.6 is 0 Å². The number of carbonyl (C=O) groups is 1. The zero-order chi connectivity index (χ0) is 21.9. The van der Waals surface area contributed by atoms with Crippen LogP contribution in [0.4, 0.5) is 8.78 Å². The summed E-state index contributed by atoms with van der Waals surface area (Å²) in [5.41, 5.74) is 6.33. The van der Waals surface area contributed by atoms with Crippen molar-refractivity contribution in [1.29, 1.82) is 0 Å². The van der Waals surface area contributed by atoms with Crippen LogP contribution in [-0.2, 0) is 11.2 Å². The molecule has 2 unspecified atom stereocenters. The van der Waals surface area contributed by atoms with Gasteiger partial charge in [-0.2, -0.15) is 0 Å². The van der Waals surface area contributed by atoms with Crippen molar-refractivity contribution in [2.75, 3.05) is 19.6 Å². The number of benzene rings is 2. The summed E-state index contributed by atoms with van der Waals surface area (Å²) < 4.78 is 32.0. The predicted octanol–water partition coefficient (Wildman–Crippen LogP) is 2.63. The SMILES string of the molecule is CCNC(=NCC(Cc1ccc(F)cc1)C(N)=O)NCC(C)Oc1cccc(F)c1. The van der Waals surface area contributed by atoms with Crippen LogP contribution in [0.15, 0.2) is 53.5 Å². The van der Waals surface area contributed by atoms with Crippen molar-refractivity contribution in [3.05, 3.63) is 65.7 Å². The lowest BCUT2D eigenvalue weighted by atomic mass is 9.99. The molecule has 0 fully saturated rings. The molecule has 8 heteroatoms. The number of ether oxygens (including phenoxy) is 1. The Morgan fingerprint density at radius 2 is 1.87 bits per heavy atom. The molecule has 0 bridgehead atoms. The van der Waals surface area contributed by atoms with Crippen molar-refractivity contribution in [3.8, 4) is 5.75 Å². The maximum atomic E-state index is 13.3. The van der Waals surface area contributed by atoms with Crippen molar-refractivity contribution in [2.45, 2.75) is 26.4 Å². The van der Waals surface area contributed by atoms with E-state index in [9.17, 15) is 13.6 Å². The largest absolute Gasteiger partial charge is 0.489 e. The number of rotatable bonds is 10. The first-order valence-electron chi connectivity index (χ1n) is 9.85. The number of primary amides is 1. The number of amides is 1. The fourth-order valence-electron chi connectivity index (χ4n) is 2.76. The second kappa shape index (κ2) is 11.7. The minimum atomic E-state index is -0.521. The molecule has 0 saturated heterocycles. The van der Waals surface area contributed by atoms with Crippen LogP contribution in [0.1, 0.15) is 19.4 Å². The van der Waals surface area contributed by atoms with E-state index in [2.05, 4.69) is 15.6 Å². The second-order valence-corrected chi connectivity index (χ2v) is 6.92. The molecule has 0 aliphatic rings. The van der Waals surface area contributed by atoms with Gasteiger partial charge in [-0.1, -0.05) is 18.2 Å². The number of nitrogens with two attached hydrogens (primary N) is 1. The quantitative estimate of drug-likeness (QED) is 0.409. The van der Waals surface area contributed by atoms with Crippen LogP contribution in [0.2, 0.25) is 0 Å². The highest BCUT2D eigenvalue weighted by atomic mass is 19.1. The third-order valence-corrected chi connectivity index (χ3v) is 4.30. The molecule has 4 N–H and O–H groups in total. The average Bonchev–Trinajstić information content (AvgIpc) is 2.70. The van der Waals surface area contributed by atoms with Gasteiger partial charge < -0.3 is 21.1 Å². The van der Waals surface area contributed by atoms with Gasteiger partial charge in [0.25, 0.3) is 0 Å². The van der Waals surface area contributed by atoms with E-state index in [1.54, 1.807) is 24.3 Å². The van der Waals surface area contributed by atoms with Crippen LogP contribution in [0.25, 0.3) is 0 Å². The van der Waals surface area contributed by atoms with Crippen molar-refractivity contribution in [1.82, 2.24) is 10.6 Å². The number of nitrogens with one attached hydrogen (secondary N) is 2. The summed E-state index contributed by atoms with van der Waals surface area (Å²) in [4.78, 5) is 16.3. The maximum Gasteiger partial charge on any atom is 0.222 e. The highest BCUT2D eigenvalue weighted by molar-refractivity contribution is 5.81. The van der Waals surface area contributed by atoms with Gasteiger partial charge >= 0.3 is 0 Å². The van der Waals surface area contributed by atoms with Crippen LogP contribution in [-0.4, -0.2) is 37.6 Å². The normalized spacial score (nSPS) is 13.4. The van der Waals surface area contributed by atoms with Gasteiger partial charge in [-0.3, -0.25) is 9.79 Å². The van der Waals surface area contributed by atoms with Crippen molar-refractivity contribution in [3.63, 3.8) is 0 Å². The summed E-state index contributed by atoms with van der Waals surface area (Å²) in [7, 11) is 0. The van der Waals surface area contributed by atoms with Crippen molar-refractivity contribution < 1.29 is 18.3 Å². The highest BCUT2D eigenvalue weighted by Crippen LogP contribution is 2.13. The molecular weight excluding hydrogens is 390 g/mol. The van der Waals surface area contributed by atoms with Crippen LogP contribution < -0.4 is 21.1 Å². The molecule has 30 heavy (non-hydrogen) atoms. The summed E-state index contributed by atoms with van der Waals surface area (Å²) >= 11 is 0. The van der Waals surface area contributed by atoms with E-state index >= 15 is 0 Å². The molecule has 0 aliphatic carbocycles. The van der Waals surface area contributed by atoms with Gasteiger partial charge in [0, 0.05) is 12.6 Å². The Kier molecular flexibility index (Phi) is 9.05. The van der Waals surface area contributed by atoms with Gasteiger partial charge in [0.2, 0.25) is 5.91 Å². The summed E-state index contributed by atoms with van der Waals surface area (Å²) in [5.74, 6) is -0.729. The molecule has 0 saturated carbocycles. The van der Waals surface area contributed by atoms with E-state index in [1.165, 1.54) is 24.3 Å². The number of guanidine groups is 1. The summed E-state index contributed by atoms with van der Waals surface area (Å²) in [5, 5.41) is 6.24. The Morgan fingerprint density at radius 3 is 2.50 bits per heavy atom. The van der Waals surface area contributed by atoms with Gasteiger partial charge in [-0.15, -0.1) is 0 Å². The summed E-state index contributed by atoms with van der Waals surface area (Å²) in [6.07, 6.45) is 0.124. The van der Waals surface area contributed by atoms with Gasteiger partial charge in [-0.25, -0.2) is 8.78 Å². The third kappa shape index (κ3) is 8.06. The fraction of sp³-hybridized carbons (Fsp3) is 0.364. The standard InChI is InChI=1S/C22H28F2N4O2/c1-3-26-22(27-13-15(2)30-20-6-4-5-19(24)12-20)28-14-17(21(25)29)11-16-7-9-18(23)10-8-16/h4-10,12,15,17H,3,11,13-14H2,1-2H3,(H2,25,29)(H2,26,27,28). The van der Waals surface area contributed by atoms with E-state index < -0.39 is 11.8 Å². The Morgan fingerprint density at radius 1 is 1.13 bits per heavy atom. The van der Waals surface area contributed by atoms with E-state index in [0.717, 1.165) is 5.56 Å². The molecule has 162 valence electrons. The first-order chi connectivity index (χ1) is 14.4. The molecule has 0 heterocycles. The number of halogens is 2. The van der Waals surface area contributed by atoms with E-state index in [1.807, 2.05) is 13.8 Å². The smallest absolute Gasteiger partial charge is 0.222 e. The lowest BCUT2D eigenvalue weighted by molar-refractivity contribution is -0.121. The molecule has 2 rings (SSSR count). The second-order valence-electron chi connectivity index (χ2n) is 6.92. The number of hydrogen-bond donors (Lipinski definition) is 3. The lowest BCUT2D eigenvalue weighted by Gasteiger charge is -2.18. The molecule has 6 nitrogen and oxygen atoms in total. The van der Waals surface area contributed by atoms with Crippen LogP contribution in [0.5, 0.6) is 5.75 Å². The Bertz CT molecular complexity index is 843. The average molecular weight is 418 g/mol. The van der Waals surface area contributed by atoms with Crippen LogP contribution in [0.3, 0.4) is 0 Å². The molecular formula is C22H28F2N4O2. The van der Waals surface area contributed by atoms with Crippen molar-refractivity contribution in [2.24, 2.45) is 16.6 Å². The van der Waals surface area contributed by atoms with Crippen LogP contribution in [0, 0.1) is 17.6 Å². The monoisotopic (exact) mass is 418 g/mol. The number of carbonyl (C=O) groups excluding carboxylic acids is 1. The summed E-state index contributed by atoms with van der Waals surface area (Å²) in [6.45, 7) is 5.00. The minimum Gasteiger partial charge on any atom is -0.489 e. The van der Waals surface area contributed by atoms with Gasteiger partial charge in [-0.05, 0) is 50.1 Å². The molecule has 2 aromatic carbocycles. The Labute approximate surface area is 175 Å². The highest BCUT2D eigenvalue weighted by Gasteiger charge is 2.16. The van der Waals surface area contributed by atoms with E-state index in [0.29, 0.717) is 31.2 Å². The van der Waals surface area contributed by atoms with Gasteiger partial charge in [0.1, 0.15) is 23.5 Å². The molecule has 0 aliphatic heterocycles. The minimum absolute atomic E-state index is 0.182. The molecule has 1 amide bonds. The maximum absolute atomic E-state index is 13.3. The fourth-order valence-corrected chi connectivity index (χ4v) is 2.76. The topological polar surface area (TPSA) is 88.7 Å². The van der Waals surface area contributed by atoms with Gasteiger partial charge in [0.15, 0.2) is 5.96 Å². The Hall–Kier alpha value is -3.16. The number of aliphatic imine (C=N–C) groups is 1. The molecule has 2 atom stereocenters. The van der Waals surface area contributed by atoms with E-state index in [4.69, 9.17) is 10.5 Å². The lowest BCUT2D eigenvalue weighted by Crippen LogP contribution is -2.42. The zero-order valence-corrected chi connectivity index (χ0v) is 17.2. The van der Waals surface area contributed by atoms with Crippen molar-refractivity contribution >= 4 is 11.9 Å². The van der Waals surface area contributed by atoms with E-state index in [-0.39, 0.29) is 24.3 Å². The van der Waals surface area contributed by atoms with Gasteiger partial charge in [0.05, 0.1) is 19.0 Å². The third-order valence-electron chi connectivity index (χ3n) is 4.30.